The summed E-state index contributed by atoms with van der Waals surface area (Å²) in [5, 5.41) is 4.43. The van der Waals surface area contributed by atoms with Crippen molar-refractivity contribution in [1.29, 1.82) is 0 Å². The van der Waals surface area contributed by atoms with Gasteiger partial charge in [-0.25, -0.2) is 5.43 Å². The minimum atomic E-state index is -0.0881. The van der Waals surface area contributed by atoms with E-state index in [1.165, 1.54) is 16.7 Å². The van der Waals surface area contributed by atoms with Crippen molar-refractivity contribution in [3.05, 3.63) is 51.3 Å². The molecule has 4 nitrogen and oxygen atoms in total. The van der Waals surface area contributed by atoms with Crippen LogP contribution in [0.25, 0.3) is 0 Å². The second-order valence-electron chi connectivity index (χ2n) is 5.38. The Hall–Kier alpha value is -1.17. The predicted molar refractivity (Wildman–Crippen MR) is 85.4 cm³/mol. The lowest BCUT2D eigenvalue weighted by Gasteiger charge is -2.22. The lowest BCUT2D eigenvalue weighted by Crippen LogP contribution is -2.32. The smallest absolute Gasteiger partial charge is 0.0892 e. The number of nitrogens with two attached hydrogens (primary N) is 1. The Morgan fingerprint density at radius 1 is 1.30 bits per heavy atom. The van der Waals surface area contributed by atoms with E-state index in [2.05, 4.69) is 72.3 Å². The molecule has 0 radical (unpaired) electrons. The summed E-state index contributed by atoms with van der Waals surface area (Å²) in [6, 6.07) is 6.59. The van der Waals surface area contributed by atoms with Crippen LogP contribution in [0.5, 0.6) is 0 Å². The van der Waals surface area contributed by atoms with Gasteiger partial charge in [0.2, 0.25) is 0 Å². The zero-order valence-corrected chi connectivity index (χ0v) is 13.9. The van der Waals surface area contributed by atoms with Crippen LogP contribution in [-0.4, -0.2) is 9.78 Å². The number of benzene rings is 1. The fourth-order valence-corrected chi connectivity index (χ4v) is 3.00. The minimum Gasteiger partial charge on any atom is -0.271 e. The second kappa shape index (κ2) is 6.08. The lowest BCUT2D eigenvalue weighted by molar-refractivity contribution is 0.474. The lowest BCUT2D eigenvalue weighted by atomic mass is 9.97. The molecule has 0 amide bonds. The first kappa shape index (κ1) is 15.2. The SMILES string of the molecule is Cc1ccc(C(NN)c2c(Br)cnn2C(C)C)c(C)c1. The van der Waals surface area contributed by atoms with E-state index in [-0.39, 0.29) is 12.1 Å². The van der Waals surface area contributed by atoms with Gasteiger partial charge in [-0.1, -0.05) is 23.8 Å². The van der Waals surface area contributed by atoms with Crippen molar-refractivity contribution >= 4 is 15.9 Å². The molecule has 20 heavy (non-hydrogen) atoms. The van der Waals surface area contributed by atoms with Crippen molar-refractivity contribution in [2.24, 2.45) is 5.84 Å². The predicted octanol–water partition coefficient (Wildman–Crippen LogP) is 3.40. The highest BCUT2D eigenvalue weighted by Gasteiger charge is 2.23. The highest BCUT2D eigenvalue weighted by atomic mass is 79.9. The molecule has 2 aromatic rings. The third kappa shape index (κ3) is 2.80. The third-order valence-electron chi connectivity index (χ3n) is 3.45. The molecule has 0 fully saturated rings. The van der Waals surface area contributed by atoms with E-state index in [1.54, 1.807) is 0 Å². The van der Waals surface area contributed by atoms with E-state index in [1.807, 2.05) is 10.9 Å². The fraction of sp³-hybridized carbons (Fsp3) is 0.400. The number of aromatic nitrogens is 2. The maximum absolute atomic E-state index is 5.83. The molecule has 0 aliphatic rings. The van der Waals surface area contributed by atoms with Crippen LogP contribution in [0.4, 0.5) is 0 Å². The molecule has 1 unspecified atom stereocenters. The van der Waals surface area contributed by atoms with Gasteiger partial charge in [-0.3, -0.25) is 10.5 Å². The topological polar surface area (TPSA) is 55.9 Å². The van der Waals surface area contributed by atoms with Crippen LogP contribution in [0.1, 0.15) is 48.3 Å². The number of rotatable bonds is 4. The maximum Gasteiger partial charge on any atom is 0.0892 e. The second-order valence-corrected chi connectivity index (χ2v) is 6.23. The molecule has 1 heterocycles. The summed E-state index contributed by atoms with van der Waals surface area (Å²) in [5.74, 6) is 5.83. The summed E-state index contributed by atoms with van der Waals surface area (Å²) in [7, 11) is 0. The first-order valence-electron chi connectivity index (χ1n) is 6.72. The molecule has 1 aromatic heterocycles. The summed E-state index contributed by atoms with van der Waals surface area (Å²) >= 11 is 3.58. The third-order valence-corrected chi connectivity index (χ3v) is 4.06. The van der Waals surface area contributed by atoms with E-state index in [9.17, 15) is 0 Å². The number of hydrogen-bond donors (Lipinski definition) is 2. The summed E-state index contributed by atoms with van der Waals surface area (Å²) in [6.45, 7) is 8.42. The quantitative estimate of drug-likeness (QED) is 0.664. The fourth-order valence-electron chi connectivity index (χ4n) is 2.50. The van der Waals surface area contributed by atoms with E-state index in [0.29, 0.717) is 0 Å². The van der Waals surface area contributed by atoms with Gasteiger partial charge >= 0.3 is 0 Å². The first-order valence-corrected chi connectivity index (χ1v) is 7.51. The molecule has 1 aromatic carbocycles. The van der Waals surface area contributed by atoms with Crippen LogP contribution < -0.4 is 11.3 Å². The van der Waals surface area contributed by atoms with Crippen LogP contribution in [0.2, 0.25) is 0 Å². The summed E-state index contributed by atoms with van der Waals surface area (Å²) in [6.07, 6.45) is 1.82. The van der Waals surface area contributed by atoms with Crippen molar-refractivity contribution in [1.82, 2.24) is 15.2 Å². The molecule has 108 valence electrons. The highest BCUT2D eigenvalue weighted by Crippen LogP contribution is 2.31. The van der Waals surface area contributed by atoms with Gasteiger partial charge in [-0.15, -0.1) is 0 Å². The standard InChI is InChI=1S/C15H21BrN4/c1-9(2)20-15(13(16)8-18-20)14(19-17)12-6-5-10(3)7-11(12)4/h5-9,14,19H,17H2,1-4H3. The molecule has 0 spiro atoms. The zero-order valence-electron chi connectivity index (χ0n) is 12.3. The van der Waals surface area contributed by atoms with Gasteiger partial charge in [-0.2, -0.15) is 5.10 Å². The van der Waals surface area contributed by atoms with Gasteiger partial charge in [0.05, 0.1) is 22.4 Å². The Morgan fingerprint density at radius 2 is 2.00 bits per heavy atom. The van der Waals surface area contributed by atoms with Crippen LogP contribution in [0.3, 0.4) is 0 Å². The first-order chi connectivity index (χ1) is 9.45. The van der Waals surface area contributed by atoms with Crippen LogP contribution >= 0.6 is 15.9 Å². The maximum atomic E-state index is 5.83. The molecule has 1 atom stereocenters. The number of hydrazine groups is 1. The van der Waals surface area contributed by atoms with Crippen molar-refractivity contribution in [3.8, 4) is 0 Å². The summed E-state index contributed by atoms with van der Waals surface area (Å²) in [4.78, 5) is 0. The molecule has 3 N–H and O–H groups in total. The molecule has 0 saturated carbocycles. The molecule has 0 bridgehead atoms. The number of hydrogen-bond acceptors (Lipinski definition) is 3. The number of aryl methyl sites for hydroxylation is 2. The number of nitrogens with one attached hydrogen (secondary N) is 1. The normalized spacial score (nSPS) is 12.9. The summed E-state index contributed by atoms with van der Waals surface area (Å²) in [5.41, 5.74) is 7.61. The minimum absolute atomic E-state index is 0.0881. The molecule has 5 heteroatoms. The summed E-state index contributed by atoms with van der Waals surface area (Å²) < 4.78 is 2.96. The van der Waals surface area contributed by atoms with Crippen molar-refractivity contribution in [2.45, 2.75) is 39.8 Å². The van der Waals surface area contributed by atoms with Crippen LogP contribution in [0.15, 0.2) is 28.9 Å². The van der Waals surface area contributed by atoms with Crippen LogP contribution in [0, 0.1) is 13.8 Å². The van der Waals surface area contributed by atoms with E-state index >= 15 is 0 Å². The van der Waals surface area contributed by atoms with Gasteiger partial charge in [-0.05, 0) is 54.8 Å². The van der Waals surface area contributed by atoms with E-state index in [4.69, 9.17) is 5.84 Å². The molecule has 0 saturated heterocycles. The van der Waals surface area contributed by atoms with Crippen molar-refractivity contribution < 1.29 is 0 Å². The Kier molecular flexibility index (Phi) is 4.62. The molecular formula is C15H21BrN4. The van der Waals surface area contributed by atoms with Gasteiger partial charge in [0.25, 0.3) is 0 Å². The average Bonchev–Trinajstić information content (AvgIpc) is 2.75. The van der Waals surface area contributed by atoms with Crippen molar-refractivity contribution in [2.75, 3.05) is 0 Å². The zero-order chi connectivity index (χ0) is 14.9. The van der Waals surface area contributed by atoms with Gasteiger partial charge < -0.3 is 0 Å². The van der Waals surface area contributed by atoms with Gasteiger partial charge in [0, 0.05) is 6.04 Å². The Morgan fingerprint density at radius 3 is 2.55 bits per heavy atom. The Labute approximate surface area is 128 Å². The molecule has 0 aliphatic carbocycles. The monoisotopic (exact) mass is 336 g/mol. The molecule has 2 rings (SSSR count). The van der Waals surface area contributed by atoms with E-state index < -0.39 is 0 Å². The Balaban J connectivity index is 2.55. The Bertz CT molecular complexity index is 604. The molecule has 0 aliphatic heterocycles. The number of halogens is 1. The van der Waals surface area contributed by atoms with Gasteiger partial charge in [0.15, 0.2) is 0 Å². The number of nitrogens with zero attached hydrogens (tertiary/aromatic N) is 2. The molecular weight excluding hydrogens is 316 g/mol. The van der Waals surface area contributed by atoms with Crippen LogP contribution in [-0.2, 0) is 0 Å². The van der Waals surface area contributed by atoms with Gasteiger partial charge in [0.1, 0.15) is 0 Å². The van der Waals surface area contributed by atoms with E-state index in [0.717, 1.165) is 10.2 Å². The average molecular weight is 337 g/mol. The van der Waals surface area contributed by atoms with Crippen molar-refractivity contribution in [3.63, 3.8) is 0 Å². The largest absolute Gasteiger partial charge is 0.271 e. The highest BCUT2D eigenvalue weighted by molar-refractivity contribution is 9.10.